The predicted octanol–water partition coefficient (Wildman–Crippen LogP) is 8.06. The Kier molecular flexibility index (Phi) is 10.8. The summed E-state index contributed by atoms with van der Waals surface area (Å²) in [7, 11) is 0. The lowest BCUT2D eigenvalue weighted by molar-refractivity contribution is -0.145. The summed E-state index contributed by atoms with van der Waals surface area (Å²) >= 11 is 6.19. The van der Waals surface area contributed by atoms with Crippen molar-refractivity contribution in [2.45, 2.75) is 58.5 Å². The number of piperidine rings is 1. The number of hydrogen-bond acceptors (Lipinski definition) is 8. The molecular formula is C39H39ClN4O5. The van der Waals surface area contributed by atoms with Gasteiger partial charge in [-0.05, 0) is 100 Å². The van der Waals surface area contributed by atoms with Crippen molar-refractivity contribution < 1.29 is 23.9 Å². The number of benzene rings is 3. The van der Waals surface area contributed by atoms with Gasteiger partial charge < -0.3 is 15.4 Å². The third-order valence-electron chi connectivity index (χ3n) is 9.02. The zero-order valence-corrected chi connectivity index (χ0v) is 28.3. The topological polar surface area (TPSA) is 118 Å². The summed E-state index contributed by atoms with van der Waals surface area (Å²) < 4.78 is 5.65. The van der Waals surface area contributed by atoms with E-state index in [1.165, 1.54) is 6.42 Å². The largest absolute Gasteiger partial charge is 0.461 e. The van der Waals surface area contributed by atoms with Crippen molar-refractivity contribution in [3.8, 4) is 0 Å². The zero-order valence-electron chi connectivity index (χ0n) is 27.5. The first kappa shape index (κ1) is 34.0. The molecular weight excluding hydrogens is 640 g/mol. The average molecular weight is 679 g/mol. The SMILES string of the molecule is CC1=C(CCCCC(=O)OCc2cc(NC(=O)CN3CCCCC3)cc(Nc3ccnc4cc(Cl)ccc34)c2)C(=O)c2ccccc2C1=O. The minimum absolute atomic E-state index is 0.0179. The Labute approximate surface area is 290 Å². The van der Waals surface area contributed by atoms with Crippen LogP contribution >= 0.6 is 11.6 Å². The van der Waals surface area contributed by atoms with E-state index in [2.05, 4.69) is 20.5 Å². The van der Waals surface area contributed by atoms with Gasteiger partial charge in [0.15, 0.2) is 11.6 Å². The number of nitrogens with one attached hydrogen (secondary N) is 2. The van der Waals surface area contributed by atoms with Crippen LogP contribution in [0.2, 0.25) is 5.02 Å². The van der Waals surface area contributed by atoms with Gasteiger partial charge in [0.2, 0.25) is 5.91 Å². The lowest BCUT2D eigenvalue weighted by Gasteiger charge is -2.25. The first-order chi connectivity index (χ1) is 23.7. The van der Waals surface area contributed by atoms with Crippen LogP contribution < -0.4 is 10.6 Å². The zero-order chi connectivity index (χ0) is 34.3. The maximum Gasteiger partial charge on any atom is 0.306 e. The van der Waals surface area contributed by atoms with Gasteiger partial charge in [-0.25, -0.2) is 0 Å². The van der Waals surface area contributed by atoms with E-state index >= 15 is 0 Å². The third kappa shape index (κ3) is 8.42. The summed E-state index contributed by atoms with van der Waals surface area (Å²) in [4.78, 5) is 58.2. The first-order valence-corrected chi connectivity index (χ1v) is 17.1. The molecule has 0 atom stereocenters. The molecule has 0 spiro atoms. The number of ether oxygens (including phenoxy) is 1. The number of ketones is 2. The van der Waals surface area contributed by atoms with E-state index < -0.39 is 0 Å². The number of hydrogen-bond donors (Lipinski definition) is 2. The fraction of sp³-hybridized carbons (Fsp3) is 0.308. The molecule has 1 aromatic heterocycles. The van der Waals surface area contributed by atoms with Gasteiger partial charge >= 0.3 is 5.97 Å². The van der Waals surface area contributed by atoms with Gasteiger partial charge in [-0.1, -0.05) is 42.3 Å². The van der Waals surface area contributed by atoms with Crippen molar-refractivity contribution in [1.29, 1.82) is 0 Å². The summed E-state index contributed by atoms with van der Waals surface area (Å²) in [5, 5.41) is 7.94. The number of nitrogens with zero attached hydrogens (tertiary/aromatic N) is 2. The number of carbonyl (C=O) groups excluding carboxylic acids is 4. The molecule has 1 fully saturated rings. The van der Waals surface area contributed by atoms with Crippen LogP contribution in [0.1, 0.15) is 78.1 Å². The van der Waals surface area contributed by atoms with Gasteiger partial charge in [0.05, 0.1) is 12.1 Å². The molecule has 0 bridgehead atoms. The Hall–Kier alpha value is -4.86. The number of allylic oxidation sites excluding steroid dienone is 2. The Morgan fingerprint density at radius 3 is 2.45 bits per heavy atom. The van der Waals surface area contributed by atoms with Crippen LogP contribution in [-0.2, 0) is 20.9 Å². The summed E-state index contributed by atoms with van der Waals surface area (Å²) in [5.74, 6) is -0.706. The molecule has 0 saturated carbocycles. The third-order valence-corrected chi connectivity index (χ3v) is 9.25. The van der Waals surface area contributed by atoms with E-state index in [1.54, 1.807) is 43.5 Å². The molecule has 9 nitrogen and oxygen atoms in total. The first-order valence-electron chi connectivity index (χ1n) is 16.8. The van der Waals surface area contributed by atoms with Crippen LogP contribution in [0.5, 0.6) is 0 Å². The van der Waals surface area contributed by atoms with Gasteiger partial charge in [0.1, 0.15) is 6.61 Å². The fourth-order valence-corrected chi connectivity index (χ4v) is 6.65. The second-order valence-corrected chi connectivity index (χ2v) is 13.1. The monoisotopic (exact) mass is 678 g/mol. The summed E-state index contributed by atoms with van der Waals surface area (Å²) in [5.41, 5.74) is 5.44. The summed E-state index contributed by atoms with van der Waals surface area (Å²) in [6.45, 7) is 3.86. The highest BCUT2D eigenvalue weighted by atomic mass is 35.5. The molecule has 1 saturated heterocycles. The van der Waals surface area contributed by atoms with Gasteiger partial charge in [0.25, 0.3) is 0 Å². The van der Waals surface area contributed by atoms with E-state index in [9.17, 15) is 19.2 Å². The number of carbonyl (C=O) groups is 4. The maximum absolute atomic E-state index is 13.0. The van der Waals surface area contributed by atoms with Gasteiger partial charge in [-0.2, -0.15) is 0 Å². The van der Waals surface area contributed by atoms with E-state index in [0.717, 1.165) is 42.5 Å². The van der Waals surface area contributed by atoms with Crippen LogP contribution in [0.3, 0.4) is 0 Å². The molecule has 0 unspecified atom stereocenters. The number of aromatic nitrogens is 1. The second kappa shape index (κ2) is 15.6. The molecule has 49 heavy (non-hydrogen) atoms. The number of fused-ring (bicyclic) bond motifs is 2. The number of pyridine rings is 1. The van der Waals surface area contributed by atoms with Crippen LogP contribution in [0.25, 0.3) is 10.9 Å². The number of anilines is 3. The van der Waals surface area contributed by atoms with Crippen molar-refractivity contribution in [1.82, 2.24) is 9.88 Å². The number of unbranched alkanes of at least 4 members (excludes halogenated alkanes) is 1. The highest BCUT2D eigenvalue weighted by Crippen LogP contribution is 2.31. The standard InChI is InChI=1S/C39H39ClN4O5/c1-25-30(39(48)32-11-4-3-10-31(32)38(25)47)9-5-6-12-37(46)49-24-26-19-28(42-34-15-16-41-35-21-27(40)13-14-33(34)35)22-29(20-26)43-36(45)23-44-17-7-2-8-18-44/h3-4,10-11,13-16,19-22H,2,5-9,12,17-18,23-24H2,1H3,(H,41,42)(H,43,45). The number of halogens is 1. The maximum atomic E-state index is 13.0. The highest BCUT2D eigenvalue weighted by molar-refractivity contribution is 6.31. The van der Waals surface area contributed by atoms with Crippen LogP contribution in [0, 0.1) is 0 Å². The van der Waals surface area contributed by atoms with Crippen molar-refractivity contribution in [3.05, 3.63) is 106 Å². The Morgan fingerprint density at radius 1 is 0.898 bits per heavy atom. The van der Waals surface area contributed by atoms with Crippen molar-refractivity contribution in [2.75, 3.05) is 30.3 Å². The Morgan fingerprint density at radius 2 is 1.65 bits per heavy atom. The molecule has 3 aromatic carbocycles. The smallest absolute Gasteiger partial charge is 0.306 e. The molecule has 4 aromatic rings. The molecule has 1 aliphatic carbocycles. The molecule has 0 radical (unpaired) electrons. The predicted molar refractivity (Wildman–Crippen MR) is 191 cm³/mol. The minimum atomic E-state index is -0.367. The highest BCUT2D eigenvalue weighted by Gasteiger charge is 2.29. The fourth-order valence-electron chi connectivity index (χ4n) is 6.49. The van der Waals surface area contributed by atoms with E-state index in [0.29, 0.717) is 70.0 Å². The molecule has 2 heterocycles. The molecule has 2 aliphatic rings. The molecule has 252 valence electrons. The number of likely N-dealkylation sites (tertiary alicyclic amines) is 1. The Balaban J connectivity index is 1.09. The molecule has 1 aliphatic heterocycles. The number of Topliss-reactive ketones (excluding diaryl/α,β-unsaturated/α-hetero) is 2. The van der Waals surface area contributed by atoms with Gasteiger partial charge in [-0.15, -0.1) is 0 Å². The van der Waals surface area contributed by atoms with Crippen molar-refractivity contribution in [3.63, 3.8) is 0 Å². The van der Waals surface area contributed by atoms with Crippen LogP contribution in [0.4, 0.5) is 17.1 Å². The van der Waals surface area contributed by atoms with Crippen molar-refractivity contribution >= 4 is 63.0 Å². The number of amides is 1. The summed E-state index contributed by atoms with van der Waals surface area (Å²) in [6, 6.07) is 19.8. The minimum Gasteiger partial charge on any atom is -0.461 e. The quantitative estimate of drug-likeness (QED) is 0.114. The average Bonchev–Trinajstić information content (AvgIpc) is 3.09. The van der Waals surface area contributed by atoms with Gasteiger partial charge in [0, 0.05) is 62.4 Å². The van der Waals surface area contributed by atoms with Crippen molar-refractivity contribution in [2.24, 2.45) is 0 Å². The molecule has 1 amide bonds. The lowest BCUT2D eigenvalue weighted by Crippen LogP contribution is -2.36. The second-order valence-electron chi connectivity index (χ2n) is 12.6. The molecule has 10 heteroatoms. The van der Waals surface area contributed by atoms with Crippen LogP contribution in [-0.4, -0.2) is 53.0 Å². The Bertz CT molecular complexity index is 1950. The summed E-state index contributed by atoms with van der Waals surface area (Å²) in [6.07, 6.45) is 6.76. The lowest BCUT2D eigenvalue weighted by atomic mass is 9.83. The van der Waals surface area contributed by atoms with Gasteiger partial charge in [-0.3, -0.25) is 29.1 Å². The van der Waals surface area contributed by atoms with E-state index in [-0.39, 0.29) is 36.5 Å². The molecule has 2 N–H and O–H groups in total. The molecule has 6 rings (SSSR count). The van der Waals surface area contributed by atoms with E-state index in [1.807, 2.05) is 36.4 Å². The number of rotatable bonds is 12. The normalized spacial score (nSPS) is 14.9. The number of esters is 1. The van der Waals surface area contributed by atoms with Crippen LogP contribution in [0.15, 0.2) is 84.1 Å². The van der Waals surface area contributed by atoms with E-state index in [4.69, 9.17) is 16.3 Å².